The van der Waals surface area contributed by atoms with Crippen LogP contribution in [0.5, 0.6) is 0 Å². The first-order valence-electron chi connectivity index (χ1n) is 9.41. The zero-order chi connectivity index (χ0) is 17.6. The summed E-state index contributed by atoms with van der Waals surface area (Å²) in [5.74, 6) is 0.0253. The lowest BCUT2D eigenvalue weighted by Gasteiger charge is -2.35. The van der Waals surface area contributed by atoms with Crippen molar-refractivity contribution < 1.29 is 9.59 Å². The Morgan fingerprint density at radius 3 is 2.68 bits per heavy atom. The van der Waals surface area contributed by atoms with Crippen molar-refractivity contribution in [1.29, 1.82) is 0 Å². The van der Waals surface area contributed by atoms with E-state index in [1.54, 1.807) is 19.3 Å². The molecule has 3 heterocycles. The van der Waals surface area contributed by atoms with Gasteiger partial charge < -0.3 is 15.1 Å². The fraction of sp³-hybridized carbons (Fsp3) is 0.632. The molecule has 3 rings (SSSR count). The second-order valence-electron chi connectivity index (χ2n) is 7.05. The van der Waals surface area contributed by atoms with Gasteiger partial charge in [0.1, 0.15) is 0 Å². The Bertz CT molecular complexity index is 613. The van der Waals surface area contributed by atoms with Gasteiger partial charge in [-0.3, -0.25) is 14.6 Å². The number of nitrogens with one attached hydrogen (secondary N) is 1. The first-order chi connectivity index (χ1) is 12.1. The summed E-state index contributed by atoms with van der Waals surface area (Å²) in [5.41, 5.74) is 1.83. The lowest BCUT2D eigenvalue weighted by molar-refractivity contribution is -0.133. The fourth-order valence-corrected chi connectivity index (χ4v) is 3.94. The largest absolute Gasteiger partial charge is 0.370 e. The average Bonchev–Trinajstić information content (AvgIpc) is 2.63. The minimum absolute atomic E-state index is 0.0151. The van der Waals surface area contributed by atoms with Crippen LogP contribution in [0.25, 0.3) is 0 Å². The monoisotopic (exact) mass is 344 g/mol. The minimum Gasteiger partial charge on any atom is -0.370 e. The van der Waals surface area contributed by atoms with Gasteiger partial charge in [0, 0.05) is 45.2 Å². The third-order valence-corrected chi connectivity index (χ3v) is 5.22. The van der Waals surface area contributed by atoms with Gasteiger partial charge >= 0.3 is 0 Å². The summed E-state index contributed by atoms with van der Waals surface area (Å²) in [4.78, 5) is 32.7. The molecule has 1 aromatic heterocycles. The first-order valence-corrected chi connectivity index (χ1v) is 9.41. The summed E-state index contributed by atoms with van der Waals surface area (Å²) in [7, 11) is 0. The quantitative estimate of drug-likeness (QED) is 0.912. The number of amides is 2. The van der Waals surface area contributed by atoms with Gasteiger partial charge in [-0.25, -0.2) is 0 Å². The number of aromatic nitrogens is 1. The normalized spacial score (nSPS) is 21.1. The minimum atomic E-state index is -0.0376. The van der Waals surface area contributed by atoms with Crippen LogP contribution in [-0.2, 0) is 9.59 Å². The Kier molecular flexibility index (Phi) is 5.89. The van der Waals surface area contributed by atoms with E-state index in [0.29, 0.717) is 6.42 Å². The van der Waals surface area contributed by atoms with Crippen LogP contribution in [0.15, 0.2) is 18.5 Å². The Hall–Kier alpha value is -2.11. The molecular formula is C19H28N4O2. The molecule has 136 valence electrons. The van der Waals surface area contributed by atoms with Gasteiger partial charge in [0.25, 0.3) is 0 Å². The van der Waals surface area contributed by atoms with E-state index < -0.39 is 0 Å². The van der Waals surface area contributed by atoms with Gasteiger partial charge in [0.2, 0.25) is 11.8 Å². The average molecular weight is 344 g/mol. The molecule has 0 radical (unpaired) electrons. The number of carbonyl (C=O) groups excluding carboxylic acids is 2. The molecule has 6 heteroatoms. The van der Waals surface area contributed by atoms with E-state index in [2.05, 4.69) is 15.2 Å². The van der Waals surface area contributed by atoms with E-state index in [9.17, 15) is 9.59 Å². The summed E-state index contributed by atoms with van der Waals surface area (Å²) in [5, 5.41) is 3.03. The maximum absolute atomic E-state index is 12.6. The van der Waals surface area contributed by atoms with Crippen LogP contribution in [0.4, 0.5) is 11.4 Å². The van der Waals surface area contributed by atoms with Gasteiger partial charge in [0.15, 0.2) is 0 Å². The van der Waals surface area contributed by atoms with Crippen molar-refractivity contribution in [3.8, 4) is 0 Å². The number of hydrogen-bond acceptors (Lipinski definition) is 4. The molecule has 2 aliphatic heterocycles. The highest BCUT2D eigenvalue weighted by Gasteiger charge is 2.27. The maximum Gasteiger partial charge on any atom is 0.226 e. The lowest BCUT2D eigenvalue weighted by atomic mass is 9.99. The summed E-state index contributed by atoms with van der Waals surface area (Å²) >= 11 is 0. The molecule has 0 bridgehead atoms. The Labute approximate surface area is 149 Å². The summed E-state index contributed by atoms with van der Waals surface area (Å²) in [6, 6.07) is 1.99. The molecule has 2 amide bonds. The van der Waals surface area contributed by atoms with Gasteiger partial charge in [-0.2, -0.15) is 0 Å². The number of anilines is 2. The third kappa shape index (κ3) is 4.50. The predicted molar refractivity (Wildman–Crippen MR) is 98.6 cm³/mol. The highest BCUT2D eigenvalue weighted by atomic mass is 16.2. The Balaban J connectivity index is 1.65. The van der Waals surface area contributed by atoms with Crippen LogP contribution in [0.3, 0.4) is 0 Å². The number of piperidine rings is 2. The number of carbonyl (C=O) groups is 2. The van der Waals surface area contributed by atoms with Crippen molar-refractivity contribution in [1.82, 2.24) is 9.88 Å². The number of rotatable bonds is 4. The Morgan fingerprint density at radius 1 is 1.16 bits per heavy atom. The zero-order valence-electron chi connectivity index (χ0n) is 15.0. The third-order valence-electron chi connectivity index (χ3n) is 5.22. The molecule has 0 spiro atoms. The number of nitrogens with zero attached hydrogens (tertiary/aromatic N) is 3. The van der Waals surface area contributed by atoms with E-state index in [4.69, 9.17) is 0 Å². The molecule has 2 saturated heterocycles. The van der Waals surface area contributed by atoms with Crippen molar-refractivity contribution in [2.45, 2.75) is 57.9 Å². The molecule has 2 fully saturated rings. The first kappa shape index (κ1) is 17.7. The van der Waals surface area contributed by atoms with E-state index in [0.717, 1.165) is 50.3 Å². The van der Waals surface area contributed by atoms with Crippen LogP contribution < -0.4 is 10.2 Å². The van der Waals surface area contributed by atoms with Gasteiger partial charge in [-0.15, -0.1) is 0 Å². The summed E-state index contributed by atoms with van der Waals surface area (Å²) in [6.07, 6.45) is 10.5. The number of pyridine rings is 1. The molecule has 1 N–H and O–H groups in total. The smallest absolute Gasteiger partial charge is 0.226 e. The molecule has 1 aromatic rings. The van der Waals surface area contributed by atoms with Crippen molar-refractivity contribution in [3.05, 3.63) is 18.5 Å². The lowest BCUT2D eigenvalue weighted by Crippen LogP contribution is -2.44. The summed E-state index contributed by atoms with van der Waals surface area (Å²) in [6.45, 7) is 4.40. The van der Waals surface area contributed by atoms with Crippen LogP contribution in [0, 0.1) is 0 Å². The molecule has 6 nitrogen and oxygen atoms in total. The van der Waals surface area contributed by atoms with Crippen LogP contribution in [0.2, 0.25) is 0 Å². The van der Waals surface area contributed by atoms with E-state index >= 15 is 0 Å². The topological polar surface area (TPSA) is 65.5 Å². The molecule has 1 unspecified atom stereocenters. The highest BCUT2D eigenvalue weighted by Crippen LogP contribution is 2.28. The Morgan fingerprint density at radius 2 is 1.92 bits per heavy atom. The maximum atomic E-state index is 12.6. The zero-order valence-corrected chi connectivity index (χ0v) is 15.0. The second-order valence-corrected chi connectivity index (χ2v) is 7.05. The molecule has 25 heavy (non-hydrogen) atoms. The predicted octanol–water partition coefficient (Wildman–Crippen LogP) is 2.80. The number of hydrogen-bond donors (Lipinski definition) is 1. The van der Waals surface area contributed by atoms with Crippen LogP contribution in [-0.4, -0.2) is 47.4 Å². The standard InChI is InChI=1S/C19H28N4O2/c1-15(24)23-12-6-3-7-16(23)13-19(25)21-17-14-20-9-8-18(17)22-10-4-2-5-11-22/h8-9,14,16H,2-7,10-13H2,1H3,(H,21,25). The van der Waals surface area contributed by atoms with E-state index in [1.165, 1.54) is 19.3 Å². The SMILES string of the molecule is CC(=O)N1CCCCC1CC(=O)Nc1cnccc1N1CCCCC1. The molecule has 0 saturated carbocycles. The molecule has 2 aliphatic rings. The van der Waals surface area contributed by atoms with Crippen molar-refractivity contribution in [2.75, 3.05) is 29.9 Å². The fourth-order valence-electron chi connectivity index (χ4n) is 3.94. The van der Waals surface area contributed by atoms with E-state index in [-0.39, 0.29) is 17.9 Å². The van der Waals surface area contributed by atoms with E-state index in [1.807, 2.05) is 11.0 Å². The highest BCUT2D eigenvalue weighted by molar-refractivity contribution is 5.94. The molecule has 0 aliphatic carbocycles. The van der Waals surface area contributed by atoms with Gasteiger partial charge in [-0.1, -0.05) is 0 Å². The summed E-state index contributed by atoms with van der Waals surface area (Å²) < 4.78 is 0. The number of likely N-dealkylation sites (tertiary alicyclic amines) is 1. The van der Waals surface area contributed by atoms with Gasteiger partial charge in [0.05, 0.1) is 17.6 Å². The van der Waals surface area contributed by atoms with Gasteiger partial charge in [-0.05, 0) is 44.6 Å². The van der Waals surface area contributed by atoms with Crippen molar-refractivity contribution in [2.24, 2.45) is 0 Å². The van der Waals surface area contributed by atoms with Crippen LogP contribution in [0.1, 0.15) is 51.9 Å². The van der Waals surface area contributed by atoms with Crippen LogP contribution >= 0.6 is 0 Å². The van der Waals surface area contributed by atoms with Crippen molar-refractivity contribution in [3.63, 3.8) is 0 Å². The molecule has 0 aromatic carbocycles. The van der Waals surface area contributed by atoms with Crippen molar-refractivity contribution >= 4 is 23.2 Å². The molecule has 1 atom stereocenters. The second kappa shape index (κ2) is 8.32. The molecular weight excluding hydrogens is 316 g/mol.